The number of rotatable bonds is 9. The maximum absolute atomic E-state index is 11.9. The lowest BCUT2D eigenvalue weighted by molar-refractivity contribution is -0.106. The van der Waals surface area contributed by atoms with Crippen molar-refractivity contribution in [1.82, 2.24) is 0 Å². The van der Waals surface area contributed by atoms with Gasteiger partial charge in [-0.05, 0) is 73.5 Å². The fourth-order valence-corrected chi connectivity index (χ4v) is 3.89. The third-order valence-electron chi connectivity index (χ3n) is 5.76. The van der Waals surface area contributed by atoms with Crippen LogP contribution in [0.2, 0.25) is 0 Å². The summed E-state index contributed by atoms with van der Waals surface area (Å²) in [6.45, 7) is 4.23. The molecule has 0 fully saturated rings. The molecule has 4 rings (SSSR count). The van der Waals surface area contributed by atoms with E-state index >= 15 is 0 Å². The first-order chi connectivity index (χ1) is 18.6. The molecule has 4 aromatic rings. The number of carbonyl (C=O) groups excluding carboxylic acids is 2. The Kier molecular flexibility index (Phi) is 8.81. The first kappa shape index (κ1) is 26.1. The SMILES string of the molecule is CCN=C(Nc1cc(C=O)ccc1C)O/C(C=O)=C/c1ccc(N(c2ccccc2)c2ccccc2)cc1. The summed E-state index contributed by atoms with van der Waals surface area (Å²) in [5.41, 5.74) is 5.98. The maximum atomic E-state index is 11.9. The van der Waals surface area contributed by atoms with Crippen LogP contribution in [-0.2, 0) is 9.53 Å². The number of nitrogens with one attached hydrogen (secondary N) is 1. The van der Waals surface area contributed by atoms with Gasteiger partial charge in [0.05, 0.1) is 0 Å². The van der Waals surface area contributed by atoms with Crippen LogP contribution >= 0.6 is 0 Å². The van der Waals surface area contributed by atoms with E-state index in [0.717, 1.165) is 34.5 Å². The predicted octanol–water partition coefficient (Wildman–Crippen LogP) is 7.32. The molecule has 0 unspecified atom stereocenters. The minimum absolute atomic E-state index is 0.101. The van der Waals surface area contributed by atoms with Crippen LogP contribution < -0.4 is 10.2 Å². The normalized spacial score (nSPS) is 11.5. The number of aliphatic imine (C=N–C) groups is 1. The molecule has 0 aliphatic heterocycles. The van der Waals surface area contributed by atoms with E-state index in [-0.39, 0.29) is 11.8 Å². The molecule has 0 aliphatic rings. The Bertz CT molecular complexity index is 1390. The molecule has 0 saturated carbocycles. The Morgan fingerprint density at radius 1 is 0.816 bits per heavy atom. The molecule has 6 heteroatoms. The van der Waals surface area contributed by atoms with Gasteiger partial charge < -0.3 is 15.0 Å². The second-order valence-corrected chi connectivity index (χ2v) is 8.46. The summed E-state index contributed by atoms with van der Waals surface area (Å²) < 4.78 is 5.83. The second-order valence-electron chi connectivity index (χ2n) is 8.46. The van der Waals surface area contributed by atoms with E-state index in [4.69, 9.17) is 4.74 Å². The lowest BCUT2D eigenvalue weighted by atomic mass is 10.1. The molecule has 0 radical (unpaired) electrons. The molecule has 0 aliphatic carbocycles. The molecule has 0 bridgehead atoms. The molecule has 0 spiro atoms. The van der Waals surface area contributed by atoms with E-state index in [0.29, 0.717) is 24.1 Å². The molecule has 0 heterocycles. The Morgan fingerprint density at radius 3 is 1.95 bits per heavy atom. The summed E-state index contributed by atoms with van der Waals surface area (Å²) in [6.07, 6.45) is 3.09. The van der Waals surface area contributed by atoms with Gasteiger partial charge in [-0.1, -0.05) is 60.7 Å². The van der Waals surface area contributed by atoms with E-state index in [9.17, 15) is 9.59 Å². The monoisotopic (exact) mass is 503 g/mol. The van der Waals surface area contributed by atoms with Gasteiger partial charge in [0.15, 0.2) is 12.0 Å². The van der Waals surface area contributed by atoms with E-state index in [1.807, 2.05) is 80.6 Å². The average molecular weight is 504 g/mol. The van der Waals surface area contributed by atoms with Gasteiger partial charge in [-0.25, -0.2) is 4.99 Å². The zero-order valence-corrected chi connectivity index (χ0v) is 21.4. The quantitative estimate of drug-likeness (QED) is 0.0852. The molecule has 0 saturated heterocycles. The van der Waals surface area contributed by atoms with Crippen LogP contribution in [0.25, 0.3) is 6.08 Å². The Morgan fingerprint density at radius 2 is 1.39 bits per heavy atom. The highest BCUT2D eigenvalue weighted by Crippen LogP contribution is 2.34. The molecule has 190 valence electrons. The van der Waals surface area contributed by atoms with Gasteiger partial charge in [0.2, 0.25) is 0 Å². The third-order valence-corrected chi connectivity index (χ3v) is 5.76. The number of nitrogens with zero attached hydrogens (tertiary/aromatic N) is 2. The third kappa shape index (κ3) is 6.62. The van der Waals surface area contributed by atoms with Gasteiger partial charge in [0.1, 0.15) is 6.29 Å². The van der Waals surface area contributed by atoms with Crippen LogP contribution in [0, 0.1) is 6.92 Å². The minimum atomic E-state index is 0.101. The van der Waals surface area contributed by atoms with Crippen LogP contribution in [-0.4, -0.2) is 25.1 Å². The maximum Gasteiger partial charge on any atom is 0.294 e. The zero-order valence-electron chi connectivity index (χ0n) is 21.4. The number of benzene rings is 4. The van der Waals surface area contributed by atoms with Gasteiger partial charge in [-0.15, -0.1) is 0 Å². The smallest absolute Gasteiger partial charge is 0.294 e. The van der Waals surface area contributed by atoms with Gasteiger partial charge in [0, 0.05) is 34.9 Å². The van der Waals surface area contributed by atoms with E-state index in [1.54, 1.807) is 18.2 Å². The summed E-state index contributed by atoms with van der Waals surface area (Å²) in [5, 5.41) is 3.10. The van der Waals surface area contributed by atoms with E-state index in [2.05, 4.69) is 39.5 Å². The number of hydrogen-bond acceptors (Lipinski definition) is 5. The minimum Gasteiger partial charge on any atom is -0.422 e. The number of amidine groups is 1. The molecule has 0 amide bonds. The Balaban J connectivity index is 1.57. The molecular weight excluding hydrogens is 474 g/mol. The summed E-state index contributed by atoms with van der Waals surface area (Å²) >= 11 is 0. The lowest BCUT2D eigenvalue weighted by Gasteiger charge is -2.25. The van der Waals surface area contributed by atoms with Crippen molar-refractivity contribution in [2.45, 2.75) is 13.8 Å². The molecule has 1 N–H and O–H groups in total. The summed E-state index contributed by atoms with van der Waals surface area (Å²) in [5.74, 6) is 0.101. The summed E-state index contributed by atoms with van der Waals surface area (Å²) in [7, 11) is 0. The fourth-order valence-electron chi connectivity index (χ4n) is 3.89. The van der Waals surface area contributed by atoms with Crippen molar-refractivity contribution >= 4 is 47.4 Å². The van der Waals surface area contributed by atoms with Crippen LogP contribution in [0.5, 0.6) is 0 Å². The van der Waals surface area contributed by atoms with Crippen molar-refractivity contribution in [2.24, 2.45) is 4.99 Å². The van der Waals surface area contributed by atoms with Crippen molar-refractivity contribution in [3.05, 3.63) is 126 Å². The van der Waals surface area contributed by atoms with Crippen LogP contribution in [0.15, 0.2) is 114 Å². The number of allylic oxidation sites excluding steroid dienone is 1. The van der Waals surface area contributed by atoms with Crippen molar-refractivity contribution in [3.8, 4) is 0 Å². The largest absolute Gasteiger partial charge is 0.422 e. The number of aryl methyl sites for hydroxylation is 1. The number of ether oxygens (including phenoxy) is 1. The molecule has 6 nitrogen and oxygen atoms in total. The topological polar surface area (TPSA) is 71.0 Å². The predicted molar refractivity (Wildman–Crippen MR) is 154 cm³/mol. The van der Waals surface area contributed by atoms with Gasteiger partial charge in [0.25, 0.3) is 6.02 Å². The van der Waals surface area contributed by atoms with Crippen LogP contribution in [0.4, 0.5) is 22.7 Å². The summed E-state index contributed by atoms with van der Waals surface area (Å²) in [6, 6.07) is 33.6. The molecule has 0 aromatic heterocycles. The number of hydrogen-bond donors (Lipinski definition) is 1. The first-order valence-corrected chi connectivity index (χ1v) is 12.3. The second kappa shape index (κ2) is 12.8. The van der Waals surface area contributed by atoms with Crippen molar-refractivity contribution in [1.29, 1.82) is 0 Å². The van der Waals surface area contributed by atoms with Crippen molar-refractivity contribution in [3.63, 3.8) is 0 Å². The number of carbonyl (C=O) groups is 2. The zero-order chi connectivity index (χ0) is 26.7. The number of anilines is 4. The molecule has 0 atom stereocenters. The highest BCUT2D eigenvalue weighted by molar-refractivity contribution is 5.95. The fraction of sp³-hybridized carbons (Fsp3) is 0.0938. The standard InChI is InChI=1S/C32H29N3O3/c1-3-33-32(34-31-21-26(22-36)15-14-24(31)2)38-30(23-37)20-25-16-18-29(19-17-25)35(27-10-6-4-7-11-27)28-12-8-5-9-13-28/h4-23H,3H2,1-2H3,(H,33,34)/b30-20+. The Labute approximate surface area is 222 Å². The molecule has 4 aromatic carbocycles. The van der Waals surface area contributed by atoms with Gasteiger partial charge >= 0.3 is 0 Å². The molecule has 38 heavy (non-hydrogen) atoms. The van der Waals surface area contributed by atoms with Crippen LogP contribution in [0.1, 0.15) is 28.4 Å². The summed E-state index contributed by atoms with van der Waals surface area (Å²) in [4.78, 5) is 29.6. The first-order valence-electron chi connectivity index (χ1n) is 12.3. The van der Waals surface area contributed by atoms with Gasteiger partial charge in [-0.2, -0.15) is 0 Å². The van der Waals surface area contributed by atoms with Gasteiger partial charge in [-0.3, -0.25) is 9.59 Å². The number of aldehydes is 2. The van der Waals surface area contributed by atoms with E-state index in [1.165, 1.54) is 0 Å². The van der Waals surface area contributed by atoms with E-state index < -0.39 is 0 Å². The lowest BCUT2D eigenvalue weighted by Crippen LogP contribution is -2.18. The number of para-hydroxylation sites is 2. The van der Waals surface area contributed by atoms with Crippen molar-refractivity contribution in [2.75, 3.05) is 16.8 Å². The molecular formula is C32H29N3O3. The van der Waals surface area contributed by atoms with Crippen LogP contribution in [0.3, 0.4) is 0 Å². The van der Waals surface area contributed by atoms with Crippen molar-refractivity contribution < 1.29 is 14.3 Å². The average Bonchev–Trinajstić information content (AvgIpc) is 2.96. The highest BCUT2D eigenvalue weighted by Gasteiger charge is 2.12. The highest BCUT2D eigenvalue weighted by atomic mass is 16.5. The Hall–Kier alpha value is -4.97.